The minimum atomic E-state index is -2.43. The van der Waals surface area contributed by atoms with E-state index >= 15 is 0 Å². The monoisotopic (exact) mass is 191 g/mol. The lowest BCUT2D eigenvalue weighted by Crippen LogP contribution is -2.06. The average molecular weight is 191 g/mol. The van der Waals surface area contributed by atoms with Gasteiger partial charge in [0, 0.05) is 0 Å². The van der Waals surface area contributed by atoms with Crippen LogP contribution in [0.2, 0.25) is 0 Å². The van der Waals surface area contributed by atoms with E-state index in [1.807, 2.05) is 0 Å². The molecule has 1 saturated carbocycles. The maximum atomic E-state index is 11.7. The molecule has 1 fully saturated rings. The number of hydrogen-bond donors (Lipinski definition) is 0. The van der Waals surface area contributed by atoms with Gasteiger partial charge in [-0.25, -0.2) is 8.78 Å². The van der Waals surface area contributed by atoms with Crippen molar-refractivity contribution in [3.63, 3.8) is 0 Å². The number of rotatable bonds is 3. The van der Waals surface area contributed by atoms with Crippen molar-refractivity contribution in [1.29, 1.82) is 0 Å². The van der Waals surface area contributed by atoms with Crippen LogP contribution in [0.3, 0.4) is 0 Å². The van der Waals surface area contributed by atoms with E-state index < -0.39 is 13.0 Å². The van der Waals surface area contributed by atoms with Crippen molar-refractivity contribution in [1.82, 2.24) is 0 Å². The molecular weight excluding hydrogens is 176 g/mol. The van der Waals surface area contributed by atoms with Crippen LogP contribution in [-0.4, -0.2) is 18.7 Å². The topological polar surface area (TPSA) is 21.6 Å². The predicted molar refractivity (Wildman–Crippen MR) is 47.0 cm³/mol. The van der Waals surface area contributed by atoms with Crippen LogP contribution >= 0.6 is 0 Å². The fraction of sp³-hybridized carbons (Fsp3) is 0.889. The van der Waals surface area contributed by atoms with Gasteiger partial charge in [0.05, 0.1) is 5.71 Å². The van der Waals surface area contributed by atoms with Gasteiger partial charge in [-0.2, -0.15) is 0 Å². The summed E-state index contributed by atoms with van der Waals surface area (Å²) in [5, 5.41) is 3.70. The highest BCUT2D eigenvalue weighted by molar-refractivity contribution is 5.86. The normalized spacial score (nSPS) is 24.2. The Bertz CT molecular complexity index is 202. The molecule has 1 aliphatic rings. The van der Waals surface area contributed by atoms with Crippen LogP contribution in [-0.2, 0) is 4.84 Å². The molecule has 0 saturated heterocycles. The highest BCUT2D eigenvalue weighted by Gasteiger charge is 2.28. The molecule has 0 aromatic heterocycles. The molecule has 0 heterocycles. The maximum Gasteiger partial charge on any atom is 0.274 e. The molecular formula is C9H15F2NO. The van der Waals surface area contributed by atoms with Crippen molar-refractivity contribution in [2.75, 3.05) is 6.61 Å². The van der Waals surface area contributed by atoms with Gasteiger partial charge < -0.3 is 4.84 Å². The largest absolute Gasteiger partial charge is 0.390 e. The third-order valence-corrected chi connectivity index (χ3v) is 2.17. The molecule has 0 aliphatic heterocycles. The van der Waals surface area contributed by atoms with Crippen LogP contribution in [0.25, 0.3) is 0 Å². The fourth-order valence-corrected chi connectivity index (χ4v) is 1.47. The number of alkyl halides is 2. The summed E-state index contributed by atoms with van der Waals surface area (Å²) >= 11 is 0. The van der Waals surface area contributed by atoms with Gasteiger partial charge in [0.2, 0.25) is 0 Å². The third kappa shape index (κ3) is 3.70. The van der Waals surface area contributed by atoms with E-state index in [4.69, 9.17) is 0 Å². The first-order valence-electron chi connectivity index (χ1n) is 4.45. The van der Waals surface area contributed by atoms with E-state index in [0.29, 0.717) is 0 Å². The second-order valence-corrected chi connectivity index (χ2v) is 4.19. The van der Waals surface area contributed by atoms with Gasteiger partial charge >= 0.3 is 0 Å². The van der Waals surface area contributed by atoms with Crippen LogP contribution in [0.15, 0.2) is 5.16 Å². The summed E-state index contributed by atoms with van der Waals surface area (Å²) in [6.07, 6.45) is 0.356. The van der Waals surface area contributed by atoms with Crippen LogP contribution < -0.4 is 0 Å². The Morgan fingerprint density at radius 3 is 2.69 bits per heavy atom. The molecule has 0 N–H and O–H groups in total. The summed E-state index contributed by atoms with van der Waals surface area (Å²) in [6.45, 7) is 3.69. The number of halogens is 2. The van der Waals surface area contributed by atoms with E-state index in [-0.39, 0.29) is 5.41 Å². The van der Waals surface area contributed by atoms with Crippen molar-refractivity contribution >= 4 is 5.71 Å². The number of hydrogen-bond acceptors (Lipinski definition) is 2. The van der Waals surface area contributed by atoms with E-state index in [9.17, 15) is 8.78 Å². The Balaban J connectivity index is 2.29. The minimum Gasteiger partial charge on any atom is -0.390 e. The molecule has 13 heavy (non-hydrogen) atoms. The van der Waals surface area contributed by atoms with Gasteiger partial charge in [0.15, 0.2) is 6.61 Å². The second kappa shape index (κ2) is 4.03. The third-order valence-electron chi connectivity index (χ3n) is 2.17. The summed E-state index contributed by atoms with van der Waals surface area (Å²) < 4.78 is 23.3. The highest BCUT2D eigenvalue weighted by Crippen LogP contribution is 2.35. The molecule has 0 unspecified atom stereocenters. The van der Waals surface area contributed by atoms with Crippen LogP contribution in [0.5, 0.6) is 0 Å². The van der Waals surface area contributed by atoms with Gasteiger partial charge in [-0.3, -0.25) is 0 Å². The summed E-state index contributed by atoms with van der Waals surface area (Å²) in [5.41, 5.74) is 1.16. The Morgan fingerprint density at radius 2 is 2.23 bits per heavy atom. The number of nitrogens with zero attached hydrogens (tertiary/aromatic N) is 1. The summed E-state index contributed by atoms with van der Waals surface area (Å²) in [6, 6.07) is 0. The van der Waals surface area contributed by atoms with Crippen molar-refractivity contribution in [3.05, 3.63) is 0 Å². The van der Waals surface area contributed by atoms with Crippen molar-refractivity contribution in [2.24, 2.45) is 10.6 Å². The summed E-state index contributed by atoms with van der Waals surface area (Å²) in [4.78, 5) is 4.51. The molecule has 0 aromatic carbocycles. The molecule has 0 bridgehead atoms. The van der Waals surface area contributed by atoms with Crippen LogP contribution in [0.4, 0.5) is 8.78 Å². The van der Waals surface area contributed by atoms with E-state index in [2.05, 4.69) is 23.8 Å². The van der Waals surface area contributed by atoms with Gasteiger partial charge in [-0.05, 0) is 24.7 Å². The molecule has 0 spiro atoms. The molecule has 0 amide bonds. The summed E-state index contributed by atoms with van der Waals surface area (Å²) in [5.74, 6) is 0. The van der Waals surface area contributed by atoms with Gasteiger partial charge in [-0.15, -0.1) is 0 Å². The second-order valence-electron chi connectivity index (χ2n) is 4.19. The average Bonchev–Trinajstić information content (AvgIpc) is 2.29. The molecule has 0 atom stereocenters. The zero-order valence-corrected chi connectivity index (χ0v) is 8.02. The van der Waals surface area contributed by atoms with Gasteiger partial charge in [0.25, 0.3) is 6.43 Å². The fourth-order valence-electron chi connectivity index (χ4n) is 1.47. The zero-order valence-electron chi connectivity index (χ0n) is 8.02. The van der Waals surface area contributed by atoms with E-state index in [1.54, 1.807) is 0 Å². The van der Waals surface area contributed by atoms with E-state index in [1.165, 1.54) is 0 Å². The maximum absolute atomic E-state index is 11.7. The van der Waals surface area contributed by atoms with Crippen molar-refractivity contribution in [3.8, 4) is 0 Å². The SMILES string of the molecule is CC1(C)CC/C(=N/OCC(F)F)C1. The smallest absolute Gasteiger partial charge is 0.274 e. The van der Waals surface area contributed by atoms with Crippen LogP contribution in [0.1, 0.15) is 33.1 Å². The first-order chi connectivity index (χ1) is 5.99. The van der Waals surface area contributed by atoms with Crippen LogP contribution in [0, 0.1) is 5.41 Å². The molecule has 1 aliphatic carbocycles. The predicted octanol–water partition coefficient (Wildman–Crippen LogP) is 2.83. The Morgan fingerprint density at radius 1 is 1.54 bits per heavy atom. The lowest BCUT2D eigenvalue weighted by molar-refractivity contribution is 0.0199. The van der Waals surface area contributed by atoms with Gasteiger partial charge in [0.1, 0.15) is 0 Å². The first-order valence-corrected chi connectivity index (χ1v) is 4.45. The van der Waals surface area contributed by atoms with Gasteiger partial charge in [-0.1, -0.05) is 19.0 Å². The Hall–Kier alpha value is -0.670. The highest BCUT2D eigenvalue weighted by atomic mass is 19.3. The molecule has 0 radical (unpaired) electrons. The first kappa shape index (κ1) is 10.4. The molecule has 1 rings (SSSR count). The van der Waals surface area contributed by atoms with Crippen molar-refractivity contribution in [2.45, 2.75) is 39.5 Å². The lowest BCUT2D eigenvalue weighted by Gasteiger charge is -2.13. The lowest BCUT2D eigenvalue weighted by atomic mass is 9.92. The Kier molecular flexibility index (Phi) is 3.22. The quantitative estimate of drug-likeness (QED) is 0.628. The Labute approximate surface area is 76.9 Å². The summed E-state index contributed by atoms with van der Waals surface area (Å²) in [7, 11) is 0. The molecule has 76 valence electrons. The number of oxime groups is 1. The molecule has 4 heteroatoms. The molecule has 2 nitrogen and oxygen atoms in total. The van der Waals surface area contributed by atoms with E-state index in [0.717, 1.165) is 25.0 Å². The zero-order chi connectivity index (χ0) is 9.90. The standard InChI is InChI=1S/C9H15F2NO/c1-9(2)4-3-7(5-9)12-13-6-8(10)11/h8H,3-6H2,1-2H3/b12-7-. The van der Waals surface area contributed by atoms with Crippen molar-refractivity contribution < 1.29 is 13.6 Å². The molecule has 0 aromatic rings. The minimum absolute atomic E-state index is 0.257.